The maximum absolute atomic E-state index is 12.2. The number of rotatable bonds is 3. The fourth-order valence-corrected chi connectivity index (χ4v) is 2.19. The lowest BCUT2D eigenvalue weighted by Crippen LogP contribution is -2.10. The van der Waals surface area contributed by atoms with E-state index < -0.39 is 5.97 Å². The van der Waals surface area contributed by atoms with Gasteiger partial charge in [-0.15, -0.1) is 0 Å². The lowest BCUT2D eigenvalue weighted by molar-refractivity contribution is 0.0331. The first kappa shape index (κ1) is 13.3. The first-order valence-electron chi connectivity index (χ1n) is 6.86. The average Bonchev–Trinajstić information content (AvgIpc) is 2.55. The van der Waals surface area contributed by atoms with Gasteiger partial charge in [-0.25, -0.2) is 9.78 Å². The van der Waals surface area contributed by atoms with E-state index in [0.717, 1.165) is 16.5 Å². The smallest absolute Gasteiger partial charge is 0.357 e. The van der Waals surface area contributed by atoms with Crippen LogP contribution in [-0.4, -0.2) is 11.0 Å². The van der Waals surface area contributed by atoms with Gasteiger partial charge < -0.3 is 4.74 Å². The van der Waals surface area contributed by atoms with Gasteiger partial charge >= 0.3 is 5.97 Å². The van der Waals surface area contributed by atoms with E-state index in [9.17, 15) is 4.79 Å². The molecule has 2 aromatic carbocycles. The van der Waals surface area contributed by atoms with Gasteiger partial charge in [0, 0.05) is 5.39 Å². The Morgan fingerprint density at radius 3 is 2.48 bits per heavy atom. The maximum Gasteiger partial charge on any atom is 0.357 e. The van der Waals surface area contributed by atoms with Crippen LogP contribution in [0.15, 0.2) is 66.7 Å². The molecular formula is C18H15NO2. The Kier molecular flexibility index (Phi) is 3.65. The number of hydrogen-bond donors (Lipinski definition) is 0. The van der Waals surface area contributed by atoms with Crippen molar-refractivity contribution in [3.63, 3.8) is 0 Å². The van der Waals surface area contributed by atoms with E-state index in [0.29, 0.717) is 5.69 Å². The number of hydrogen-bond acceptors (Lipinski definition) is 3. The molecule has 0 saturated carbocycles. The third kappa shape index (κ3) is 2.92. The number of carbonyl (C=O) groups excluding carboxylic acids is 1. The number of aromatic nitrogens is 1. The fraction of sp³-hybridized carbons (Fsp3) is 0.111. The number of esters is 1. The molecule has 0 unspecified atom stereocenters. The van der Waals surface area contributed by atoms with Gasteiger partial charge in [0.05, 0.1) is 5.52 Å². The minimum Gasteiger partial charge on any atom is -0.453 e. The average molecular weight is 277 g/mol. The summed E-state index contributed by atoms with van der Waals surface area (Å²) in [6.07, 6.45) is -0.299. The molecule has 0 aliphatic heterocycles. The molecule has 0 spiro atoms. The van der Waals surface area contributed by atoms with Crippen LogP contribution in [0.3, 0.4) is 0 Å². The quantitative estimate of drug-likeness (QED) is 0.675. The zero-order valence-electron chi connectivity index (χ0n) is 11.7. The van der Waals surface area contributed by atoms with Crippen LogP contribution in [0, 0.1) is 0 Å². The summed E-state index contributed by atoms with van der Waals surface area (Å²) in [6.45, 7) is 1.86. The van der Waals surface area contributed by atoms with Crippen LogP contribution >= 0.6 is 0 Å². The number of fused-ring (bicyclic) bond motifs is 1. The molecule has 1 aromatic heterocycles. The topological polar surface area (TPSA) is 39.2 Å². The Balaban J connectivity index is 1.80. The molecule has 0 amide bonds. The minimum atomic E-state index is -0.405. The zero-order valence-corrected chi connectivity index (χ0v) is 11.7. The first-order chi connectivity index (χ1) is 10.2. The second kappa shape index (κ2) is 5.75. The number of carbonyl (C=O) groups is 1. The molecule has 0 radical (unpaired) electrons. The van der Waals surface area contributed by atoms with E-state index in [-0.39, 0.29) is 6.10 Å². The van der Waals surface area contributed by atoms with E-state index in [2.05, 4.69) is 4.98 Å². The largest absolute Gasteiger partial charge is 0.453 e. The lowest BCUT2D eigenvalue weighted by atomic mass is 10.1. The Labute approximate surface area is 123 Å². The van der Waals surface area contributed by atoms with Crippen molar-refractivity contribution in [3.05, 3.63) is 78.0 Å². The van der Waals surface area contributed by atoms with Gasteiger partial charge in [0.25, 0.3) is 0 Å². The standard InChI is InChI=1S/C18H15NO2/c1-13(14-7-3-2-4-8-14)21-18(20)17-12-11-15-9-5-6-10-16(15)19-17/h2-13H,1H3/t13-/m0/s1. The molecule has 1 heterocycles. The second-order valence-corrected chi connectivity index (χ2v) is 4.85. The van der Waals surface area contributed by atoms with Crippen LogP contribution < -0.4 is 0 Å². The van der Waals surface area contributed by atoms with Gasteiger partial charge in [0.15, 0.2) is 0 Å². The fourth-order valence-electron chi connectivity index (χ4n) is 2.19. The summed E-state index contributed by atoms with van der Waals surface area (Å²) in [7, 11) is 0. The van der Waals surface area contributed by atoms with Crippen molar-refractivity contribution in [3.8, 4) is 0 Å². The van der Waals surface area contributed by atoms with E-state index in [4.69, 9.17) is 4.74 Å². The van der Waals surface area contributed by atoms with Crippen molar-refractivity contribution < 1.29 is 9.53 Å². The first-order valence-corrected chi connectivity index (χ1v) is 6.86. The SMILES string of the molecule is C[C@H](OC(=O)c1ccc2ccccc2n1)c1ccccc1. The molecule has 3 rings (SSSR count). The van der Waals surface area contributed by atoms with Gasteiger partial charge in [0.1, 0.15) is 11.8 Å². The Hall–Kier alpha value is -2.68. The molecule has 21 heavy (non-hydrogen) atoms. The van der Waals surface area contributed by atoms with Crippen molar-refractivity contribution in [2.75, 3.05) is 0 Å². The second-order valence-electron chi connectivity index (χ2n) is 4.85. The van der Waals surface area contributed by atoms with Crippen molar-refractivity contribution in [2.45, 2.75) is 13.0 Å². The van der Waals surface area contributed by atoms with Gasteiger partial charge in [-0.05, 0) is 24.6 Å². The molecule has 0 N–H and O–H groups in total. The van der Waals surface area contributed by atoms with Crippen LogP contribution in [0.1, 0.15) is 29.1 Å². The molecule has 0 saturated heterocycles. The molecule has 104 valence electrons. The highest BCUT2D eigenvalue weighted by molar-refractivity contribution is 5.91. The number of nitrogens with zero attached hydrogens (tertiary/aromatic N) is 1. The Bertz CT molecular complexity index is 768. The molecule has 0 aliphatic rings. The van der Waals surface area contributed by atoms with E-state index in [1.807, 2.05) is 67.6 Å². The van der Waals surface area contributed by atoms with Crippen molar-refractivity contribution >= 4 is 16.9 Å². The van der Waals surface area contributed by atoms with Crippen LogP contribution in [0.4, 0.5) is 0 Å². The molecule has 3 nitrogen and oxygen atoms in total. The third-order valence-electron chi connectivity index (χ3n) is 3.36. The molecule has 0 aliphatic carbocycles. The van der Waals surface area contributed by atoms with Crippen molar-refractivity contribution in [1.82, 2.24) is 4.98 Å². The molecule has 3 heteroatoms. The monoisotopic (exact) mass is 277 g/mol. The Morgan fingerprint density at radius 2 is 1.67 bits per heavy atom. The highest BCUT2D eigenvalue weighted by atomic mass is 16.5. The highest BCUT2D eigenvalue weighted by Gasteiger charge is 2.14. The van der Waals surface area contributed by atoms with E-state index in [1.54, 1.807) is 6.07 Å². The van der Waals surface area contributed by atoms with Crippen molar-refractivity contribution in [1.29, 1.82) is 0 Å². The predicted octanol–water partition coefficient (Wildman–Crippen LogP) is 4.15. The van der Waals surface area contributed by atoms with Gasteiger partial charge in [-0.3, -0.25) is 0 Å². The van der Waals surface area contributed by atoms with Crippen LogP contribution in [-0.2, 0) is 4.74 Å². The lowest BCUT2D eigenvalue weighted by Gasteiger charge is -2.13. The third-order valence-corrected chi connectivity index (χ3v) is 3.36. The van der Waals surface area contributed by atoms with Gasteiger partial charge in [-0.2, -0.15) is 0 Å². The summed E-state index contributed by atoms with van der Waals surface area (Å²) >= 11 is 0. The van der Waals surface area contributed by atoms with E-state index >= 15 is 0 Å². The highest BCUT2D eigenvalue weighted by Crippen LogP contribution is 2.19. The number of ether oxygens (including phenoxy) is 1. The molecule has 0 fully saturated rings. The van der Waals surface area contributed by atoms with Gasteiger partial charge in [0.2, 0.25) is 0 Å². The van der Waals surface area contributed by atoms with Crippen molar-refractivity contribution in [2.24, 2.45) is 0 Å². The van der Waals surface area contributed by atoms with Crippen LogP contribution in [0.2, 0.25) is 0 Å². The maximum atomic E-state index is 12.2. The van der Waals surface area contributed by atoms with Crippen LogP contribution in [0.25, 0.3) is 10.9 Å². The Morgan fingerprint density at radius 1 is 0.952 bits per heavy atom. The molecular weight excluding hydrogens is 262 g/mol. The number of benzene rings is 2. The summed E-state index contributed by atoms with van der Waals surface area (Å²) in [5, 5.41) is 1.00. The predicted molar refractivity (Wildman–Crippen MR) is 82.0 cm³/mol. The summed E-state index contributed by atoms with van der Waals surface area (Å²) in [6, 6.07) is 20.9. The zero-order chi connectivity index (χ0) is 14.7. The summed E-state index contributed by atoms with van der Waals surface area (Å²) in [5.41, 5.74) is 2.09. The molecule has 1 atom stereocenters. The molecule has 0 bridgehead atoms. The summed E-state index contributed by atoms with van der Waals surface area (Å²) < 4.78 is 5.47. The minimum absolute atomic E-state index is 0.299. The van der Waals surface area contributed by atoms with E-state index in [1.165, 1.54) is 0 Å². The van der Waals surface area contributed by atoms with Gasteiger partial charge in [-0.1, -0.05) is 54.6 Å². The number of pyridine rings is 1. The normalized spacial score (nSPS) is 12.0. The summed E-state index contributed by atoms with van der Waals surface area (Å²) in [5.74, 6) is -0.405. The van der Waals surface area contributed by atoms with Crippen LogP contribution in [0.5, 0.6) is 0 Å². The molecule has 3 aromatic rings. The number of para-hydroxylation sites is 1. The summed E-state index contributed by atoms with van der Waals surface area (Å²) in [4.78, 5) is 16.5.